The smallest absolute Gasteiger partial charge is 0.272 e. The van der Waals surface area contributed by atoms with E-state index in [1.165, 1.54) is 11.3 Å². The van der Waals surface area contributed by atoms with Crippen molar-refractivity contribution in [3.05, 3.63) is 77.9 Å². The summed E-state index contributed by atoms with van der Waals surface area (Å²) in [6, 6.07) is 15.9. The summed E-state index contributed by atoms with van der Waals surface area (Å²) in [5.74, 6) is 0.372. The zero-order chi connectivity index (χ0) is 20.1. The maximum absolute atomic E-state index is 12.9. The molecule has 0 aliphatic carbocycles. The van der Waals surface area contributed by atoms with Crippen LogP contribution in [-0.2, 0) is 6.54 Å². The highest BCUT2D eigenvalue weighted by Gasteiger charge is 2.23. The zero-order valence-corrected chi connectivity index (χ0v) is 16.5. The molecule has 1 aromatic carbocycles. The van der Waals surface area contributed by atoms with Crippen molar-refractivity contribution in [1.29, 1.82) is 0 Å². The van der Waals surface area contributed by atoms with Gasteiger partial charge in [-0.1, -0.05) is 18.2 Å². The molecule has 148 valence electrons. The van der Waals surface area contributed by atoms with Crippen LogP contribution in [0, 0.1) is 6.92 Å². The molecule has 1 aliphatic heterocycles. The van der Waals surface area contributed by atoms with Crippen LogP contribution < -0.4 is 10.2 Å². The Bertz CT molecular complexity index is 970. The van der Waals surface area contributed by atoms with Gasteiger partial charge in [0.1, 0.15) is 5.69 Å². The van der Waals surface area contributed by atoms with Gasteiger partial charge in [-0.2, -0.15) is 0 Å². The molecular formula is C22H24N6O. The number of nitrogens with one attached hydrogen (secondary N) is 1. The standard InChI is InChI=1S/C22H24N6O/c1-17-5-4-7-19(15-17)27-11-13-28(14-12-27)21(29)20-8-10-24-22(26-20)25-16-18-6-2-3-9-23-18/h2-10,15H,11-14,16H2,1H3,(H,24,25,26). The Labute approximate surface area is 170 Å². The largest absolute Gasteiger partial charge is 0.368 e. The molecule has 2 aromatic heterocycles. The lowest BCUT2D eigenvalue weighted by atomic mass is 10.2. The Kier molecular flexibility index (Phi) is 5.65. The summed E-state index contributed by atoms with van der Waals surface area (Å²) in [5, 5.41) is 3.13. The molecule has 1 amide bonds. The molecule has 1 fully saturated rings. The summed E-state index contributed by atoms with van der Waals surface area (Å²) in [4.78, 5) is 29.9. The first-order valence-electron chi connectivity index (χ1n) is 9.77. The average molecular weight is 388 g/mol. The quantitative estimate of drug-likeness (QED) is 0.724. The van der Waals surface area contributed by atoms with E-state index in [0.29, 0.717) is 31.3 Å². The summed E-state index contributed by atoms with van der Waals surface area (Å²) in [6.45, 7) is 5.57. The third-order valence-electron chi connectivity index (χ3n) is 4.96. The van der Waals surface area contributed by atoms with Gasteiger partial charge >= 0.3 is 0 Å². The molecule has 0 saturated carbocycles. The SMILES string of the molecule is Cc1cccc(N2CCN(C(=O)c3ccnc(NCc4ccccn4)n3)CC2)c1. The fraction of sp³-hybridized carbons (Fsp3) is 0.273. The van der Waals surface area contributed by atoms with E-state index >= 15 is 0 Å². The molecule has 7 nitrogen and oxygen atoms in total. The van der Waals surface area contributed by atoms with Gasteiger partial charge in [-0.15, -0.1) is 0 Å². The number of benzene rings is 1. The molecule has 3 heterocycles. The molecule has 0 atom stereocenters. The number of pyridine rings is 1. The predicted octanol–water partition coefficient (Wildman–Crippen LogP) is 2.75. The van der Waals surface area contributed by atoms with E-state index in [4.69, 9.17) is 0 Å². The van der Waals surface area contributed by atoms with Crippen LogP contribution in [-0.4, -0.2) is 51.9 Å². The summed E-state index contributed by atoms with van der Waals surface area (Å²) >= 11 is 0. The van der Waals surface area contributed by atoms with Gasteiger partial charge in [0.05, 0.1) is 12.2 Å². The summed E-state index contributed by atoms with van der Waals surface area (Å²) in [5.41, 5.74) is 3.75. The number of carbonyl (C=O) groups excluding carboxylic acids is 1. The number of aromatic nitrogens is 3. The highest BCUT2D eigenvalue weighted by Crippen LogP contribution is 2.18. The molecule has 0 spiro atoms. The molecule has 0 radical (unpaired) electrons. The van der Waals surface area contributed by atoms with Gasteiger partial charge in [0.15, 0.2) is 0 Å². The van der Waals surface area contributed by atoms with Gasteiger partial charge in [-0.05, 0) is 42.8 Å². The lowest BCUT2D eigenvalue weighted by molar-refractivity contribution is 0.0741. The van der Waals surface area contributed by atoms with Crippen molar-refractivity contribution in [1.82, 2.24) is 19.9 Å². The molecule has 1 N–H and O–H groups in total. The molecule has 1 aliphatic rings. The third kappa shape index (κ3) is 4.68. The van der Waals surface area contributed by atoms with Gasteiger partial charge in [-0.3, -0.25) is 9.78 Å². The minimum absolute atomic E-state index is 0.0582. The van der Waals surface area contributed by atoms with Crippen LogP contribution in [0.1, 0.15) is 21.7 Å². The summed E-state index contributed by atoms with van der Waals surface area (Å²) in [6.07, 6.45) is 3.36. The monoisotopic (exact) mass is 388 g/mol. The van der Waals surface area contributed by atoms with Gasteiger partial charge in [0, 0.05) is 44.3 Å². The summed E-state index contributed by atoms with van der Waals surface area (Å²) in [7, 11) is 0. The van der Waals surface area contributed by atoms with Gasteiger partial charge in [0.25, 0.3) is 5.91 Å². The number of amides is 1. The highest BCUT2D eigenvalue weighted by molar-refractivity contribution is 5.92. The lowest BCUT2D eigenvalue weighted by Crippen LogP contribution is -2.49. The van der Waals surface area contributed by atoms with Gasteiger partial charge in [0.2, 0.25) is 5.95 Å². The summed E-state index contributed by atoms with van der Waals surface area (Å²) < 4.78 is 0. The highest BCUT2D eigenvalue weighted by atomic mass is 16.2. The van der Waals surface area contributed by atoms with Crippen LogP contribution in [0.15, 0.2) is 60.9 Å². The molecular weight excluding hydrogens is 364 g/mol. The minimum atomic E-state index is -0.0582. The Morgan fingerprint density at radius 2 is 1.86 bits per heavy atom. The van der Waals surface area contributed by atoms with Crippen LogP contribution >= 0.6 is 0 Å². The van der Waals surface area contributed by atoms with Crippen LogP contribution in [0.2, 0.25) is 0 Å². The second kappa shape index (κ2) is 8.68. The van der Waals surface area contributed by atoms with E-state index in [2.05, 4.69) is 56.4 Å². The maximum atomic E-state index is 12.9. The van der Waals surface area contributed by atoms with Crippen molar-refractivity contribution in [2.75, 3.05) is 36.4 Å². The first kappa shape index (κ1) is 18.9. The molecule has 0 unspecified atom stereocenters. The molecule has 0 bridgehead atoms. The van der Waals surface area contributed by atoms with Crippen LogP contribution in [0.5, 0.6) is 0 Å². The van der Waals surface area contributed by atoms with Crippen molar-refractivity contribution >= 4 is 17.5 Å². The van der Waals surface area contributed by atoms with E-state index in [1.54, 1.807) is 18.5 Å². The number of rotatable bonds is 5. The number of hydrogen-bond donors (Lipinski definition) is 1. The van der Waals surface area contributed by atoms with Crippen molar-refractivity contribution in [2.24, 2.45) is 0 Å². The number of aryl methyl sites for hydroxylation is 1. The van der Waals surface area contributed by atoms with E-state index < -0.39 is 0 Å². The number of carbonyl (C=O) groups is 1. The van der Waals surface area contributed by atoms with Crippen molar-refractivity contribution in [3.8, 4) is 0 Å². The first-order valence-corrected chi connectivity index (χ1v) is 9.77. The molecule has 1 saturated heterocycles. The molecule has 4 rings (SSSR count). The molecule has 29 heavy (non-hydrogen) atoms. The average Bonchev–Trinajstić information content (AvgIpc) is 2.78. The second-order valence-electron chi connectivity index (χ2n) is 7.06. The van der Waals surface area contributed by atoms with E-state index in [0.717, 1.165) is 18.8 Å². The van der Waals surface area contributed by atoms with E-state index in [9.17, 15) is 4.79 Å². The zero-order valence-electron chi connectivity index (χ0n) is 16.5. The predicted molar refractivity (Wildman–Crippen MR) is 113 cm³/mol. The fourth-order valence-electron chi connectivity index (χ4n) is 3.39. The van der Waals surface area contributed by atoms with E-state index in [-0.39, 0.29) is 5.91 Å². The number of nitrogens with zero attached hydrogens (tertiary/aromatic N) is 5. The van der Waals surface area contributed by atoms with E-state index in [1.807, 2.05) is 23.1 Å². The van der Waals surface area contributed by atoms with Gasteiger partial charge in [-0.25, -0.2) is 9.97 Å². The number of anilines is 2. The minimum Gasteiger partial charge on any atom is -0.368 e. The van der Waals surface area contributed by atoms with Crippen molar-refractivity contribution < 1.29 is 4.79 Å². The van der Waals surface area contributed by atoms with Crippen molar-refractivity contribution in [2.45, 2.75) is 13.5 Å². The van der Waals surface area contributed by atoms with Crippen LogP contribution in [0.4, 0.5) is 11.6 Å². The van der Waals surface area contributed by atoms with Crippen LogP contribution in [0.3, 0.4) is 0 Å². The fourth-order valence-corrected chi connectivity index (χ4v) is 3.39. The molecule has 7 heteroatoms. The Morgan fingerprint density at radius 3 is 2.62 bits per heavy atom. The number of hydrogen-bond acceptors (Lipinski definition) is 6. The first-order chi connectivity index (χ1) is 14.2. The van der Waals surface area contributed by atoms with Gasteiger partial charge < -0.3 is 15.1 Å². The normalized spacial score (nSPS) is 14.0. The maximum Gasteiger partial charge on any atom is 0.272 e. The second-order valence-corrected chi connectivity index (χ2v) is 7.06. The van der Waals surface area contributed by atoms with Crippen molar-refractivity contribution in [3.63, 3.8) is 0 Å². The lowest BCUT2D eigenvalue weighted by Gasteiger charge is -2.36. The number of piperazine rings is 1. The third-order valence-corrected chi connectivity index (χ3v) is 4.96. The topological polar surface area (TPSA) is 74.2 Å². The Hall–Kier alpha value is -3.48. The Balaban J connectivity index is 1.36. The van der Waals surface area contributed by atoms with Crippen LogP contribution in [0.25, 0.3) is 0 Å². The molecule has 3 aromatic rings. The Morgan fingerprint density at radius 1 is 1.00 bits per heavy atom.